The van der Waals surface area contributed by atoms with Crippen LogP contribution < -0.4 is 0 Å². The van der Waals surface area contributed by atoms with E-state index in [2.05, 4.69) is 0 Å². The van der Waals surface area contributed by atoms with Gasteiger partial charge in [0.2, 0.25) is 0 Å². The van der Waals surface area contributed by atoms with Crippen molar-refractivity contribution in [2.75, 3.05) is 0 Å². The first-order valence-electron chi connectivity index (χ1n) is 8.54. The van der Waals surface area contributed by atoms with Crippen LogP contribution >= 0.6 is 0 Å². The van der Waals surface area contributed by atoms with Gasteiger partial charge in [0.05, 0.1) is 17.9 Å². The standard InChI is InChI=1S/C21H22O4/c1-13(2)25-21(24)19-16(14-9-5-3-6-10-14)18(20(22)23)17(19)15-11-7-4-8-12-15/h3-13,16-19H,1-2H3,(H,22,23)/t16-,17-,18?,19?/m0/s1. The smallest absolute Gasteiger partial charge is 0.310 e. The summed E-state index contributed by atoms with van der Waals surface area (Å²) in [6.07, 6.45) is -0.232. The molecule has 0 amide bonds. The molecule has 3 rings (SSSR count). The molecular formula is C21H22O4. The molecular weight excluding hydrogens is 316 g/mol. The molecule has 25 heavy (non-hydrogen) atoms. The van der Waals surface area contributed by atoms with Crippen LogP contribution in [0, 0.1) is 11.8 Å². The molecule has 130 valence electrons. The zero-order valence-electron chi connectivity index (χ0n) is 14.3. The molecule has 1 N–H and O–H groups in total. The van der Waals surface area contributed by atoms with Crippen molar-refractivity contribution in [1.82, 2.24) is 0 Å². The average Bonchev–Trinajstić information content (AvgIpc) is 2.55. The average molecular weight is 338 g/mol. The number of rotatable bonds is 5. The molecule has 0 aliphatic heterocycles. The number of carboxylic acids is 1. The molecule has 1 aliphatic rings. The van der Waals surface area contributed by atoms with Gasteiger partial charge >= 0.3 is 11.9 Å². The maximum atomic E-state index is 12.8. The molecule has 0 saturated heterocycles. The summed E-state index contributed by atoms with van der Waals surface area (Å²) in [4.78, 5) is 24.7. The molecule has 0 aromatic heterocycles. The van der Waals surface area contributed by atoms with Gasteiger partial charge in [-0.15, -0.1) is 0 Å². The van der Waals surface area contributed by atoms with Gasteiger partial charge in [0.15, 0.2) is 0 Å². The Balaban J connectivity index is 2.03. The fourth-order valence-corrected chi connectivity index (χ4v) is 3.84. The Morgan fingerprint density at radius 1 is 0.840 bits per heavy atom. The summed E-state index contributed by atoms with van der Waals surface area (Å²) in [6.45, 7) is 3.61. The van der Waals surface area contributed by atoms with Crippen molar-refractivity contribution >= 4 is 11.9 Å². The molecule has 1 saturated carbocycles. The molecule has 4 nitrogen and oxygen atoms in total. The number of esters is 1. The van der Waals surface area contributed by atoms with Gasteiger partial charge in [0.25, 0.3) is 0 Å². The van der Waals surface area contributed by atoms with E-state index in [9.17, 15) is 14.7 Å². The topological polar surface area (TPSA) is 63.6 Å². The van der Waals surface area contributed by atoms with Crippen molar-refractivity contribution in [3.63, 3.8) is 0 Å². The van der Waals surface area contributed by atoms with E-state index in [1.165, 1.54) is 0 Å². The van der Waals surface area contributed by atoms with Crippen LogP contribution in [-0.4, -0.2) is 23.1 Å². The molecule has 1 fully saturated rings. The van der Waals surface area contributed by atoms with Crippen LogP contribution in [0.15, 0.2) is 60.7 Å². The molecule has 2 aromatic carbocycles. The normalized spacial score (nSPS) is 25.2. The maximum Gasteiger partial charge on any atom is 0.310 e. The summed E-state index contributed by atoms with van der Waals surface area (Å²) in [5.41, 5.74) is 1.74. The highest BCUT2D eigenvalue weighted by Gasteiger charge is 2.59. The van der Waals surface area contributed by atoms with E-state index in [4.69, 9.17) is 4.74 Å². The number of benzene rings is 2. The number of aliphatic carboxylic acids is 1. The van der Waals surface area contributed by atoms with Crippen molar-refractivity contribution in [2.45, 2.75) is 31.8 Å². The van der Waals surface area contributed by atoms with Crippen molar-refractivity contribution in [3.05, 3.63) is 71.8 Å². The van der Waals surface area contributed by atoms with E-state index < -0.39 is 17.8 Å². The third-order valence-electron chi connectivity index (χ3n) is 4.83. The van der Waals surface area contributed by atoms with Crippen LogP contribution in [0.4, 0.5) is 0 Å². The van der Waals surface area contributed by atoms with Gasteiger partial charge in [-0.25, -0.2) is 0 Å². The fourth-order valence-electron chi connectivity index (χ4n) is 3.84. The van der Waals surface area contributed by atoms with Crippen LogP contribution in [0.3, 0.4) is 0 Å². The van der Waals surface area contributed by atoms with E-state index in [-0.39, 0.29) is 23.9 Å². The SMILES string of the molecule is CC(C)OC(=O)C1[C@@H](c2ccccc2)C(C(=O)O)[C@@H]1c1ccccc1. The molecule has 0 heterocycles. The number of hydrogen-bond donors (Lipinski definition) is 1. The Hall–Kier alpha value is -2.62. The van der Waals surface area contributed by atoms with Crippen molar-refractivity contribution in [2.24, 2.45) is 11.8 Å². The van der Waals surface area contributed by atoms with E-state index in [0.717, 1.165) is 11.1 Å². The Labute approximate surface area is 147 Å². The van der Waals surface area contributed by atoms with E-state index in [0.29, 0.717) is 0 Å². The third-order valence-corrected chi connectivity index (χ3v) is 4.83. The second-order valence-corrected chi connectivity index (χ2v) is 6.75. The van der Waals surface area contributed by atoms with Gasteiger partial charge in [-0.05, 0) is 25.0 Å². The summed E-state index contributed by atoms with van der Waals surface area (Å²) < 4.78 is 5.45. The predicted octanol–water partition coefficient (Wildman–Crippen LogP) is 3.84. The second kappa shape index (κ2) is 7.09. The first-order chi connectivity index (χ1) is 12.0. The summed E-state index contributed by atoms with van der Waals surface area (Å²) in [5, 5.41) is 9.83. The zero-order chi connectivity index (χ0) is 18.0. The Kier molecular flexibility index (Phi) is 4.88. The van der Waals surface area contributed by atoms with Gasteiger partial charge in [-0.1, -0.05) is 60.7 Å². The minimum Gasteiger partial charge on any atom is -0.481 e. The van der Waals surface area contributed by atoms with Crippen LogP contribution in [0.5, 0.6) is 0 Å². The summed E-state index contributed by atoms with van der Waals surface area (Å²) in [7, 11) is 0. The molecule has 2 aromatic rings. The highest BCUT2D eigenvalue weighted by atomic mass is 16.5. The lowest BCUT2D eigenvalue weighted by Crippen LogP contribution is -2.51. The molecule has 0 spiro atoms. The van der Waals surface area contributed by atoms with E-state index >= 15 is 0 Å². The van der Waals surface area contributed by atoms with Crippen LogP contribution in [-0.2, 0) is 14.3 Å². The fraction of sp³-hybridized carbons (Fsp3) is 0.333. The third kappa shape index (κ3) is 3.29. The minimum absolute atomic E-state index is 0.232. The number of carbonyl (C=O) groups is 2. The largest absolute Gasteiger partial charge is 0.481 e. The molecule has 0 radical (unpaired) electrons. The Bertz CT molecular complexity index is 692. The van der Waals surface area contributed by atoms with Gasteiger partial charge < -0.3 is 9.84 Å². The lowest BCUT2D eigenvalue weighted by molar-refractivity contribution is -0.166. The van der Waals surface area contributed by atoms with E-state index in [1.807, 2.05) is 60.7 Å². The zero-order valence-corrected chi connectivity index (χ0v) is 14.3. The second-order valence-electron chi connectivity index (χ2n) is 6.75. The molecule has 2 atom stereocenters. The van der Waals surface area contributed by atoms with Gasteiger partial charge in [0.1, 0.15) is 0 Å². The number of carboxylic acid groups (broad SMARTS) is 1. The monoisotopic (exact) mass is 338 g/mol. The van der Waals surface area contributed by atoms with Crippen molar-refractivity contribution in [3.8, 4) is 0 Å². The summed E-state index contributed by atoms with van der Waals surface area (Å²) in [6, 6.07) is 18.8. The van der Waals surface area contributed by atoms with E-state index in [1.54, 1.807) is 13.8 Å². The number of carbonyl (C=O) groups excluding carboxylic acids is 1. The predicted molar refractivity (Wildman–Crippen MR) is 94.2 cm³/mol. The summed E-state index contributed by atoms with van der Waals surface area (Å²) >= 11 is 0. The summed E-state index contributed by atoms with van der Waals surface area (Å²) in [5.74, 6) is -3.10. The van der Waals surface area contributed by atoms with Crippen LogP contribution in [0.2, 0.25) is 0 Å². The van der Waals surface area contributed by atoms with Crippen molar-refractivity contribution < 1.29 is 19.4 Å². The quantitative estimate of drug-likeness (QED) is 0.842. The first kappa shape index (κ1) is 17.2. The van der Waals surface area contributed by atoms with Gasteiger partial charge in [-0.3, -0.25) is 9.59 Å². The van der Waals surface area contributed by atoms with Crippen LogP contribution in [0.1, 0.15) is 36.8 Å². The Morgan fingerprint density at radius 3 is 1.64 bits per heavy atom. The number of hydrogen-bond acceptors (Lipinski definition) is 3. The first-order valence-corrected chi connectivity index (χ1v) is 8.54. The van der Waals surface area contributed by atoms with Gasteiger partial charge in [0, 0.05) is 11.8 Å². The highest BCUT2D eigenvalue weighted by molar-refractivity contribution is 5.84. The van der Waals surface area contributed by atoms with Gasteiger partial charge in [-0.2, -0.15) is 0 Å². The molecule has 0 unspecified atom stereocenters. The highest BCUT2D eigenvalue weighted by Crippen LogP contribution is 2.58. The minimum atomic E-state index is -0.878. The maximum absolute atomic E-state index is 12.8. The van der Waals surface area contributed by atoms with Crippen LogP contribution in [0.25, 0.3) is 0 Å². The lowest BCUT2D eigenvalue weighted by Gasteiger charge is -2.49. The number of ether oxygens (including phenoxy) is 1. The molecule has 1 aliphatic carbocycles. The Morgan fingerprint density at radius 2 is 1.28 bits per heavy atom. The lowest BCUT2D eigenvalue weighted by atomic mass is 9.52. The molecule has 0 bridgehead atoms. The molecule has 4 heteroatoms. The van der Waals surface area contributed by atoms with Crippen molar-refractivity contribution in [1.29, 1.82) is 0 Å².